The lowest BCUT2D eigenvalue weighted by atomic mass is 10.1. The first-order valence-corrected chi connectivity index (χ1v) is 9.05. The number of nitrogens with one attached hydrogen (secondary N) is 1. The van der Waals surface area contributed by atoms with Crippen LogP contribution >= 0.6 is 0 Å². The van der Waals surface area contributed by atoms with E-state index in [0.717, 1.165) is 30.4 Å². The molecule has 0 aromatic carbocycles. The minimum Gasteiger partial charge on any atom is -0.337 e. The average Bonchev–Trinajstić information content (AvgIpc) is 3.25. The molecule has 0 radical (unpaired) electrons. The molecule has 1 aliphatic rings. The van der Waals surface area contributed by atoms with Crippen molar-refractivity contribution in [3.05, 3.63) is 66.0 Å². The summed E-state index contributed by atoms with van der Waals surface area (Å²) in [6.45, 7) is 4.02. The quantitative estimate of drug-likeness (QED) is 0.763. The number of aromatic nitrogens is 4. The molecule has 0 spiro atoms. The second kappa shape index (κ2) is 7.25. The summed E-state index contributed by atoms with van der Waals surface area (Å²) >= 11 is 0. The predicted octanol–water partition coefficient (Wildman–Crippen LogP) is 3.60. The number of hydrogen-bond donors (Lipinski definition) is 1. The number of anilines is 2. The fourth-order valence-corrected chi connectivity index (χ4v) is 3.60. The largest absolute Gasteiger partial charge is 0.337 e. The molecule has 1 N–H and O–H groups in total. The van der Waals surface area contributed by atoms with E-state index in [1.165, 1.54) is 24.1 Å². The molecular formula is C20H24N6. The molecular weight excluding hydrogens is 324 g/mol. The lowest BCUT2D eigenvalue weighted by molar-refractivity contribution is 0.243. The van der Waals surface area contributed by atoms with Gasteiger partial charge in [-0.3, -0.25) is 4.90 Å². The summed E-state index contributed by atoms with van der Waals surface area (Å²) in [4.78, 5) is 15.7. The van der Waals surface area contributed by atoms with E-state index < -0.39 is 0 Å². The molecule has 4 heterocycles. The molecule has 0 bridgehead atoms. The van der Waals surface area contributed by atoms with Crippen LogP contribution in [0.15, 0.2) is 49.1 Å². The van der Waals surface area contributed by atoms with Crippen LogP contribution in [0.2, 0.25) is 0 Å². The summed E-state index contributed by atoms with van der Waals surface area (Å²) in [6, 6.07) is 10.6. The maximum absolute atomic E-state index is 4.50. The lowest BCUT2D eigenvalue weighted by Gasteiger charge is -2.25. The Morgan fingerprint density at radius 1 is 1.23 bits per heavy atom. The SMILES string of the molecule is Cc1cccc(Nc2cc([C@H]3CCCN3Cc3cncn3C)ccn2)n1. The van der Waals surface area contributed by atoms with Crippen molar-refractivity contribution in [2.75, 3.05) is 11.9 Å². The van der Waals surface area contributed by atoms with Gasteiger partial charge in [0, 0.05) is 37.7 Å². The molecule has 6 heteroatoms. The molecule has 1 saturated heterocycles. The Morgan fingerprint density at radius 3 is 2.96 bits per heavy atom. The summed E-state index contributed by atoms with van der Waals surface area (Å²) in [7, 11) is 2.05. The normalized spacial score (nSPS) is 17.5. The summed E-state index contributed by atoms with van der Waals surface area (Å²) in [5, 5.41) is 3.32. The van der Waals surface area contributed by atoms with Gasteiger partial charge in [-0.05, 0) is 56.1 Å². The molecule has 26 heavy (non-hydrogen) atoms. The van der Waals surface area contributed by atoms with Crippen LogP contribution in [-0.4, -0.2) is 31.0 Å². The summed E-state index contributed by atoms with van der Waals surface area (Å²) < 4.78 is 2.10. The molecule has 1 fully saturated rings. The Labute approximate surface area is 153 Å². The first-order chi connectivity index (χ1) is 12.7. The van der Waals surface area contributed by atoms with E-state index in [-0.39, 0.29) is 0 Å². The van der Waals surface area contributed by atoms with Crippen LogP contribution in [0.25, 0.3) is 0 Å². The van der Waals surface area contributed by atoms with Crippen molar-refractivity contribution in [3.8, 4) is 0 Å². The van der Waals surface area contributed by atoms with Crippen molar-refractivity contribution < 1.29 is 0 Å². The van der Waals surface area contributed by atoms with Crippen molar-refractivity contribution in [1.29, 1.82) is 0 Å². The second-order valence-electron chi connectivity index (χ2n) is 6.89. The molecule has 0 saturated carbocycles. The number of aryl methyl sites for hydroxylation is 2. The number of imidazole rings is 1. The van der Waals surface area contributed by atoms with Crippen LogP contribution in [-0.2, 0) is 13.6 Å². The lowest BCUT2D eigenvalue weighted by Crippen LogP contribution is -2.24. The molecule has 4 rings (SSSR count). The number of pyridine rings is 2. The van der Waals surface area contributed by atoms with Gasteiger partial charge in [0.2, 0.25) is 0 Å². The van der Waals surface area contributed by atoms with E-state index in [9.17, 15) is 0 Å². The summed E-state index contributed by atoms with van der Waals surface area (Å²) in [6.07, 6.45) is 8.09. The van der Waals surface area contributed by atoms with Crippen LogP contribution in [0.1, 0.15) is 35.8 Å². The summed E-state index contributed by atoms with van der Waals surface area (Å²) in [5.41, 5.74) is 3.53. The Balaban J connectivity index is 1.52. The molecule has 3 aromatic heterocycles. The van der Waals surface area contributed by atoms with E-state index in [1.54, 1.807) is 0 Å². The number of likely N-dealkylation sites (tertiary alicyclic amines) is 1. The van der Waals surface area contributed by atoms with Crippen molar-refractivity contribution in [3.63, 3.8) is 0 Å². The number of nitrogens with zero attached hydrogens (tertiary/aromatic N) is 5. The zero-order valence-corrected chi connectivity index (χ0v) is 15.3. The van der Waals surface area contributed by atoms with E-state index in [4.69, 9.17) is 0 Å². The molecule has 1 aliphatic heterocycles. The van der Waals surface area contributed by atoms with Crippen molar-refractivity contribution in [2.24, 2.45) is 7.05 Å². The number of hydrogen-bond acceptors (Lipinski definition) is 5. The van der Waals surface area contributed by atoms with Gasteiger partial charge in [0.05, 0.1) is 12.0 Å². The van der Waals surface area contributed by atoms with E-state index >= 15 is 0 Å². The van der Waals surface area contributed by atoms with Gasteiger partial charge in [-0.2, -0.15) is 0 Å². The topological polar surface area (TPSA) is 58.9 Å². The third kappa shape index (κ3) is 3.60. The van der Waals surface area contributed by atoms with Crippen molar-refractivity contribution in [2.45, 2.75) is 32.4 Å². The van der Waals surface area contributed by atoms with Crippen LogP contribution in [0.5, 0.6) is 0 Å². The fourth-order valence-electron chi connectivity index (χ4n) is 3.60. The molecule has 6 nitrogen and oxygen atoms in total. The van der Waals surface area contributed by atoms with Gasteiger partial charge in [0.1, 0.15) is 11.6 Å². The maximum atomic E-state index is 4.50. The predicted molar refractivity (Wildman–Crippen MR) is 102 cm³/mol. The Morgan fingerprint density at radius 2 is 2.15 bits per heavy atom. The molecule has 3 aromatic rings. The smallest absolute Gasteiger partial charge is 0.131 e. The highest BCUT2D eigenvalue weighted by Crippen LogP contribution is 2.33. The zero-order chi connectivity index (χ0) is 17.9. The zero-order valence-electron chi connectivity index (χ0n) is 15.3. The van der Waals surface area contributed by atoms with Gasteiger partial charge in [0.25, 0.3) is 0 Å². The molecule has 0 unspecified atom stereocenters. The standard InChI is InChI=1S/C20H24N6/c1-15-5-3-7-19(23-15)24-20-11-16(8-9-22-20)18-6-4-10-26(18)13-17-12-21-14-25(17)2/h3,5,7-9,11-12,14,18H,4,6,10,13H2,1-2H3,(H,22,23,24)/t18-/m1/s1. The first kappa shape index (κ1) is 16.7. The van der Waals surface area contributed by atoms with Crippen LogP contribution < -0.4 is 5.32 Å². The molecule has 134 valence electrons. The van der Waals surface area contributed by atoms with Crippen LogP contribution in [0, 0.1) is 6.92 Å². The monoisotopic (exact) mass is 348 g/mol. The third-order valence-corrected chi connectivity index (χ3v) is 4.96. The highest BCUT2D eigenvalue weighted by Gasteiger charge is 2.26. The fraction of sp³-hybridized carbons (Fsp3) is 0.350. The molecule has 0 amide bonds. The van der Waals surface area contributed by atoms with Crippen molar-refractivity contribution in [1.82, 2.24) is 24.4 Å². The Kier molecular flexibility index (Phi) is 4.67. The minimum absolute atomic E-state index is 0.416. The van der Waals surface area contributed by atoms with E-state index in [0.29, 0.717) is 6.04 Å². The molecule has 0 aliphatic carbocycles. The van der Waals surface area contributed by atoms with Gasteiger partial charge in [-0.25, -0.2) is 15.0 Å². The van der Waals surface area contributed by atoms with Gasteiger partial charge in [-0.15, -0.1) is 0 Å². The van der Waals surface area contributed by atoms with Crippen LogP contribution in [0.3, 0.4) is 0 Å². The van der Waals surface area contributed by atoms with Gasteiger partial charge in [-0.1, -0.05) is 6.07 Å². The van der Waals surface area contributed by atoms with E-state index in [1.807, 2.05) is 43.8 Å². The second-order valence-corrected chi connectivity index (χ2v) is 6.89. The Hall–Kier alpha value is -2.73. The maximum Gasteiger partial charge on any atom is 0.131 e. The van der Waals surface area contributed by atoms with Crippen LogP contribution in [0.4, 0.5) is 11.6 Å². The average molecular weight is 348 g/mol. The number of rotatable bonds is 5. The highest BCUT2D eigenvalue weighted by atomic mass is 15.2. The highest BCUT2D eigenvalue weighted by molar-refractivity contribution is 5.52. The van der Waals surface area contributed by atoms with Gasteiger partial charge in [0.15, 0.2) is 0 Å². The van der Waals surface area contributed by atoms with E-state index in [2.05, 4.69) is 48.9 Å². The van der Waals surface area contributed by atoms with Gasteiger partial charge >= 0.3 is 0 Å². The van der Waals surface area contributed by atoms with Crippen molar-refractivity contribution >= 4 is 11.6 Å². The Bertz CT molecular complexity index is 887. The van der Waals surface area contributed by atoms with Gasteiger partial charge < -0.3 is 9.88 Å². The molecule has 1 atom stereocenters. The first-order valence-electron chi connectivity index (χ1n) is 9.05. The minimum atomic E-state index is 0.416. The summed E-state index contributed by atoms with van der Waals surface area (Å²) in [5.74, 6) is 1.67. The third-order valence-electron chi connectivity index (χ3n) is 4.96.